The summed E-state index contributed by atoms with van der Waals surface area (Å²) in [4.78, 5) is 16.9. The summed E-state index contributed by atoms with van der Waals surface area (Å²) >= 11 is 6.15. The fraction of sp³-hybridized carbons (Fsp3) is 0.227. The van der Waals surface area contributed by atoms with Crippen molar-refractivity contribution >= 4 is 39.8 Å². The Labute approximate surface area is 164 Å². The smallest absolute Gasteiger partial charge is 0.321 e. The lowest BCUT2D eigenvalue weighted by atomic mass is 10.1. The van der Waals surface area contributed by atoms with Crippen molar-refractivity contribution in [3.05, 3.63) is 71.2 Å². The highest BCUT2D eigenvalue weighted by Gasteiger charge is 2.22. The molecular formula is C22H22ClN3O. The number of fused-ring (bicyclic) bond motifs is 1. The van der Waals surface area contributed by atoms with Crippen LogP contribution in [0.15, 0.2) is 60.7 Å². The van der Waals surface area contributed by atoms with Crippen LogP contribution in [-0.4, -0.2) is 37.1 Å². The minimum absolute atomic E-state index is 0.0474. The van der Waals surface area contributed by atoms with Gasteiger partial charge in [0.2, 0.25) is 0 Å². The third kappa shape index (κ3) is 3.71. The summed E-state index contributed by atoms with van der Waals surface area (Å²) in [6, 6.07) is 20.0. The summed E-state index contributed by atoms with van der Waals surface area (Å²) in [5, 5.41) is 6.00. The van der Waals surface area contributed by atoms with Gasteiger partial charge in [-0.25, -0.2) is 4.79 Å². The molecule has 1 aliphatic heterocycles. The molecular weight excluding hydrogens is 358 g/mol. The Bertz CT molecular complexity index is 975. The molecule has 27 heavy (non-hydrogen) atoms. The zero-order chi connectivity index (χ0) is 18.8. The molecule has 1 N–H and O–H groups in total. The quantitative estimate of drug-likeness (QED) is 0.667. The van der Waals surface area contributed by atoms with Gasteiger partial charge in [0.1, 0.15) is 0 Å². The molecule has 1 heterocycles. The third-order valence-corrected chi connectivity index (χ3v) is 5.35. The van der Waals surface area contributed by atoms with Crippen LogP contribution in [-0.2, 0) is 0 Å². The number of piperazine rings is 1. The standard InChI is InChI=1S/C22H22ClN3O/c1-16-9-10-18(23)15-21(16)25-11-13-26(14-12-25)22(27)24-20-8-4-6-17-5-2-3-7-19(17)20/h2-10,15H,11-14H2,1H3,(H,24,27). The van der Waals surface area contributed by atoms with Crippen molar-refractivity contribution in [3.8, 4) is 0 Å². The highest BCUT2D eigenvalue weighted by molar-refractivity contribution is 6.30. The summed E-state index contributed by atoms with van der Waals surface area (Å²) in [6.45, 7) is 5.05. The van der Waals surface area contributed by atoms with E-state index in [-0.39, 0.29) is 6.03 Å². The van der Waals surface area contributed by atoms with Crippen LogP contribution in [0.5, 0.6) is 0 Å². The second kappa shape index (κ2) is 7.49. The van der Waals surface area contributed by atoms with Crippen LogP contribution in [0.1, 0.15) is 5.56 Å². The van der Waals surface area contributed by atoms with E-state index in [1.807, 2.05) is 53.4 Å². The van der Waals surface area contributed by atoms with E-state index in [2.05, 4.69) is 29.3 Å². The SMILES string of the molecule is Cc1ccc(Cl)cc1N1CCN(C(=O)Nc2cccc3ccccc23)CC1. The lowest BCUT2D eigenvalue weighted by molar-refractivity contribution is 0.208. The largest absolute Gasteiger partial charge is 0.368 e. The number of rotatable bonds is 2. The molecule has 1 saturated heterocycles. The second-order valence-electron chi connectivity index (χ2n) is 6.86. The summed E-state index contributed by atoms with van der Waals surface area (Å²) in [5.74, 6) is 0. The van der Waals surface area contributed by atoms with Crippen molar-refractivity contribution in [2.24, 2.45) is 0 Å². The van der Waals surface area contributed by atoms with Gasteiger partial charge < -0.3 is 15.1 Å². The lowest BCUT2D eigenvalue weighted by Crippen LogP contribution is -2.50. The molecule has 4 nitrogen and oxygen atoms in total. The van der Waals surface area contributed by atoms with Crippen LogP contribution < -0.4 is 10.2 Å². The Hall–Kier alpha value is -2.72. The number of urea groups is 1. The molecule has 0 saturated carbocycles. The number of aryl methyl sites for hydroxylation is 1. The van der Waals surface area contributed by atoms with Gasteiger partial charge in [0, 0.05) is 42.3 Å². The van der Waals surface area contributed by atoms with E-state index in [9.17, 15) is 4.79 Å². The maximum atomic E-state index is 12.8. The van der Waals surface area contributed by atoms with Gasteiger partial charge in [-0.05, 0) is 36.1 Å². The zero-order valence-corrected chi connectivity index (χ0v) is 16.0. The minimum Gasteiger partial charge on any atom is -0.368 e. The van der Waals surface area contributed by atoms with Gasteiger partial charge in [0.15, 0.2) is 0 Å². The third-order valence-electron chi connectivity index (χ3n) is 5.11. The first kappa shape index (κ1) is 17.7. The maximum absolute atomic E-state index is 12.8. The van der Waals surface area contributed by atoms with E-state index in [4.69, 9.17) is 11.6 Å². The van der Waals surface area contributed by atoms with Crippen molar-refractivity contribution in [1.82, 2.24) is 4.90 Å². The van der Waals surface area contributed by atoms with Crippen LogP contribution in [0.4, 0.5) is 16.2 Å². The molecule has 0 atom stereocenters. The van der Waals surface area contributed by atoms with E-state index >= 15 is 0 Å². The van der Waals surface area contributed by atoms with Gasteiger partial charge in [0.25, 0.3) is 0 Å². The van der Waals surface area contributed by atoms with E-state index in [1.54, 1.807) is 0 Å². The van der Waals surface area contributed by atoms with E-state index < -0.39 is 0 Å². The summed E-state index contributed by atoms with van der Waals surface area (Å²) < 4.78 is 0. The molecule has 3 aromatic rings. The molecule has 0 aliphatic carbocycles. The van der Waals surface area contributed by atoms with E-state index in [1.165, 1.54) is 5.56 Å². The first-order chi connectivity index (χ1) is 13.1. The number of nitrogens with zero attached hydrogens (tertiary/aromatic N) is 2. The number of hydrogen-bond donors (Lipinski definition) is 1. The molecule has 3 aromatic carbocycles. The van der Waals surface area contributed by atoms with Gasteiger partial charge >= 0.3 is 6.03 Å². The summed E-state index contributed by atoms with van der Waals surface area (Å²) in [7, 11) is 0. The number of benzene rings is 3. The number of carbonyl (C=O) groups excluding carboxylic acids is 1. The van der Waals surface area contributed by atoms with E-state index in [0.717, 1.165) is 40.3 Å². The van der Waals surface area contributed by atoms with Crippen LogP contribution >= 0.6 is 11.6 Å². The molecule has 0 unspecified atom stereocenters. The molecule has 138 valence electrons. The molecule has 5 heteroatoms. The van der Waals surface area contributed by atoms with Crippen LogP contribution in [0.25, 0.3) is 10.8 Å². The second-order valence-corrected chi connectivity index (χ2v) is 7.30. The van der Waals surface area contributed by atoms with Crippen molar-refractivity contribution in [2.45, 2.75) is 6.92 Å². The molecule has 0 spiro atoms. The lowest BCUT2D eigenvalue weighted by Gasteiger charge is -2.36. The average molecular weight is 380 g/mol. The predicted molar refractivity (Wildman–Crippen MR) is 113 cm³/mol. The number of halogens is 1. The monoisotopic (exact) mass is 379 g/mol. The number of hydrogen-bond acceptors (Lipinski definition) is 2. The first-order valence-corrected chi connectivity index (χ1v) is 9.54. The summed E-state index contributed by atoms with van der Waals surface area (Å²) in [6.07, 6.45) is 0. The zero-order valence-electron chi connectivity index (χ0n) is 15.3. The molecule has 2 amide bonds. The highest BCUT2D eigenvalue weighted by atomic mass is 35.5. The highest BCUT2D eigenvalue weighted by Crippen LogP contribution is 2.26. The Balaban J connectivity index is 1.43. The summed E-state index contributed by atoms with van der Waals surface area (Å²) in [5.41, 5.74) is 3.20. The van der Waals surface area contributed by atoms with Gasteiger partial charge in [-0.1, -0.05) is 54.1 Å². The van der Waals surface area contributed by atoms with Gasteiger partial charge in [-0.2, -0.15) is 0 Å². The molecule has 4 rings (SSSR count). The number of amides is 2. The van der Waals surface area contributed by atoms with Gasteiger partial charge in [0.05, 0.1) is 5.69 Å². The number of anilines is 2. The average Bonchev–Trinajstić information content (AvgIpc) is 2.70. The number of nitrogens with one attached hydrogen (secondary N) is 1. The Morgan fingerprint density at radius 2 is 1.70 bits per heavy atom. The van der Waals surface area contributed by atoms with Crippen molar-refractivity contribution in [3.63, 3.8) is 0 Å². The minimum atomic E-state index is -0.0474. The normalized spacial score (nSPS) is 14.4. The Morgan fingerprint density at radius 3 is 2.52 bits per heavy atom. The fourth-order valence-corrected chi connectivity index (χ4v) is 3.77. The Kier molecular flexibility index (Phi) is 4.90. The van der Waals surface area contributed by atoms with Crippen LogP contribution in [0.3, 0.4) is 0 Å². The van der Waals surface area contributed by atoms with Crippen molar-refractivity contribution in [2.75, 3.05) is 36.4 Å². The maximum Gasteiger partial charge on any atom is 0.321 e. The topological polar surface area (TPSA) is 35.6 Å². The molecule has 1 aliphatic rings. The van der Waals surface area contributed by atoms with Gasteiger partial charge in [-0.3, -0.25) is 0 Å². The molecule has 0 aromatic heterocycles. The molecule has 0 radical (unpaired) electrons. The van der Waals surface area contributed by atoms with Crippen molar-refractivity contribution < 1.29 is 4.79 Å². The number of carbonyl (C=O) groups is 1. The van der Waals surface area contributed by atoms with Crippen molar-refractivity contribution in [1.29, 1.82) is 0 Å². The van der Waals surface area contributed by atoms with Gasteiger partial charge in [-0.15, -0.1) is 0 Å². The molecule has 0 bridgehead atoms. The first-order valence-electron chi connectivity index (χ1n) is 9.16. The fourth-order valence-electron chi connectivity index (χ4n) is 3.60. The Morgan fingerprint density at radius 1 is 0.963 bits per heavy atom. The van der Waals surface area contributed by atoms with Crippen LogP contribution in [0, 0.1) is 6.92 Å². The predicted octanol–water partition coefficient (Wildman–Crippen LogP) is 5.16. The molecule has 1 fully saturated rings. The van der Waals surface area contributed by atoms with Crippen LogP contribution in [0.2, 0.25) is 5.02 Å². The van der Waals surface area contributed by atoms with E-state index in [0.29, 0.717) is 13.1 Å².